The Balaban J connectivity index is 2.53. The van der Waals surface area contributed by atoms with Crippen LogP contribution in [0, 0.1) is 5.82 Å². The van der Waals surface area contributed by atoms with Gasteiger partial charge in [0.15, 0.2) is 0 Å². The monoisotopic (exact) mass is 450 g/mol. The zero-order valence-electron chi connectivity index (χ0n) is 9.63. The molecule has 0 radical (unpaired) electrons. The lowest BCUT2D eigenvalue weighted by Crippen LogP contribution is -2.29. The SMILES string of the molecule is NNC(c1cc(Br)cc(Br)c1)c1cccc(Br)c1F. The van der Waals surface area contributed by atoms with Gasteiger partial charge in [-0.3, -0.25) is 5.84 Å². The lowest BCUT2D eigenvalue weighted by Gasteiger charge is -2.18. The summed E-state index contributed by atoms with van der Waals surface area (Å²) in [7, 11) is 0. The molecule has 0 spiro atoms. The molecule has 0 aliphatic rings. The van der Waals surface area contributed by atoms with Crippen LogP contribution in [0.15, 0.2) is 49.8 Å². The van der Waals surface area contributed by atoms with E-state index < -0.39 is 6.04 Å². The van der Waals surface area contributed by atoms with Gasteiger partial charge in [-0.05, 0) is 45.8 Å². The van der Waals surface area contributed by atoms with Crippen molar-refractivity contribution >= 4 is 47.8 Å². The molecule has 0 aliphatic heterocycles. The minimum absolute atomic E-state index is 0.318. The highest BCUT2D eigenvalue weighted by molar-refractivity contribution is 9.11. The minimum Gasteiger partial charge on any atom is -0.271 e. The van der Waals surface area contributed by atoms with Crippen LogP contribution in [0.25, 0.3) is 0 Å². The Kier molecular flexibility index (Phi) is 5.14. The van der Waals surface area contributed by atoms with E-state index in [2.05, 4.69) is 53.2 Å². The largest absolute Gasteiger partial charge is 0.271 e. The van der Waals surface area contributed by atoms with Crippen molar-refractivity contribution in [2.45, 2.75) is 6.04 Å². The number of hydrogen-bond donors (Lipinski definition) is 2. The zero-order chi connectivity index (χ0) is 14.0. The van der Waals surface area contributed by atoms with E-state index in [1.807, 2.05) is 18.2 Å². The number of hydrazine groups is 1. The Morgan fingerprint density at radius 1 is 1.05 bits per heavy atom. The third-order valence-electron chi connectivity index (χ3n) is 2.68. The quantitative estimate of drug-likeness (QED) is 0.525. The molecule has 0 saturated carbocycles. The first-order valence-electron chi connectivity index (χ1n) is 5.39. The number of rotatable bonds is 3. The fourth-order valence-electron chi connectivity index (χ4n) is 1.85. The lowest BCUT2D eigenvalue weighted by molar-refractivity contribution is 0.555. The fourth-order valence-corrected chi connectivity index (χ4v) is 3.56. The second kappa shape index (κ2) is 6.45. The van der Waals surface area contributed by atoms with E-state index in [1.54, 1.807) is 18.2 Å². The molecule has 19 heavy (non-hydrogen) atoms. The summed E-state index contributed by atoms with van der Waals surface area (Å²) < 4.78 is 16.4. The Bertz CT molecular complexity index is 584. The van der Waals surface area contributed by atoms with Gasteiger partial charge in [0.25, 0.3) is 0 Å². The summed E-state index contributed by atoms with van der Waals surface area (Å²) in [6.07, 6.45) is 0. The molecule has 1 unspecified atom stereocenters. The molecule has 0 amide bonds. The summed E-state index contributed by atoms with van der Waals surface area (Å²) in [5, 5.41) is 0. The van der Waals surface area contributed by atoms with Crippen molar-refractivity contribution in [1.82, 2.24) is 5.43 Å². The molecule has 3 N–H and O–H groups in total. The van der Waals surface area contributed by atoms with Gasteiger partial charge < -0.3 is 0 Å². The van der Waals surface area contributed by atoms with Crippen LogP contribution in [-0.4, -0.2) is 0 Å². The highest BCUT2D eigenvalue weighted by atomic mass is 79.9. The highest BCUT2D eigenvalue weighted by Crippen LogP contribution is 2.31. The number of nitrogens with two attached hydrogens (primary N) is 1. The molecule has 0 aliphatic carbocycles. The lowest BCUT2D eigenvalue weighted by atomic mass is 9.99. The third kappa shape index (κ3) is 3.44. The van der Waals surface area contributed by atoms with Crippen LogP contribution < -0.4 is 11.3 Å². The van der Waals surface area contributed by atoms with Gasteiger partial charge in [-0.1, -0.05) is 44.0 Å². The number of halogens is 4. The summed E-state index contributed by atoms with van der Waals surface area (Å²) in [5.74, 6) is 5.28. The van der Waals surface area contributed by atoms with Crippen LogP contribution in [0.1, 0.15) is 17.2 Å². The van der Waals surface area contributed by atoms with E-state index in [0.29, 0.717) is 10.0 Å². The first kappa shape index (κ1) is 15.1. The molecular formula is C13H10Br3FN2. The fraction of sp³-hybridized carbons (Fsp3) is 0.0769. The van der Waals surface area contributed by atoms with Gasteiger partial charge >= 0.3 is 0 Å². The maximum Gasteiger partial charge on any atom is 0.142 e. The predicted octanol–water partition coefficient (Wildman–Crippen LogP) is 4.67. The van der Waals surface area contributed by atoms with Crippen molar-refractivity contribution in [3.63, 3.8) is 0 Å². The molecule has 2 aromatic carbocycles. The summed E-state index contributed by atoms with van der Waals surface area (Å²) in [4.78, 5) is 0. The van der Waals surface area contributed by atoms with Crippen molar-refractivity contribution in [2.75, 3.05) is 0 Å². The van der Waals surface area contributed by atoms with Gasteiger partial charge in [0.1, 0.15) is 5.82 Å². The molecule has 0 saturated heterocycles. The molecule has 2 rings (SSSR count). The van der Waals surface area contributed by atoms with Crippen LogP contribution in [0.3, 0.4) is 0 Å². The smallest absolute Gasteiger partial charge is 0.142 e. The summed E-state index contributed by atoms with van der Waals surface area (Å²) in [5.41, 5.74) is 4.00. The van der Waals surface area contributed by atoms with E-state index in [9.17, 15) is 4.39 Å². The Hall–Kier alpha value is -0.270. The summed E-state index contributed by atoms with van der Waals surface area (Å²) in [6.45, 7) is 0. The van der Waals surface area contributed by atoms with E-state index >= 15 is 0 Å². The third-order valence-corrected chi connectivity index (χ3v) is 4.21. The predicted molar refractivity (Wildman–Crippen MR) is 85.1 cm³/mol. The molecule has 0 bridgehead atoms. The summed E-state index contributed by atoms with van der Waals surface area (Å²) in [6, 6.07) is 10.4. The Labute approximate surface area is 135 Å². The van der Waals surface area contributed by atoms with Crippen molar-refractivity contribution < 1.29 is 4.39 Å². The van der Waals surface area contributed by atoms with Gasteiger partial charge in [-0.25, -0.2) is 9.82 Å². The second-order valence-electron chi connectivity index (χ2n) is 3.95. The zero-order valence-corrected chi connectivity index (χ0v) is 14.4. The number of nitrogens with one attached hydrogen (secondary N) is 1. The van der Waals surface area contributed by atoms with E-state index in [-0.39, 0.29) is 5.82 Å². The molecule has 0 heterocycles. The number of benzene rings is 2. The van der Waals surface area contributed by atoms with Gasteiger partial charge in [-0.15, -0.1) is 0 Å². The first-order valence-corrected chi connectivity index (χ1v) is 7.77. The van der Waals surface area contributed by atoms with Crippen LogP contribution in [-0.2, 0) is 0 Å². The Morgan fingerprint density at radius 2 is 1.68 bits per heavy atom. The van der Waals surface area contributed by atoms with E-state index in [4.69, 9.17) is 5.84 Å². The van der Waals surface area contributed by atoms with Crippen LogP contribution in [0.5, 0.6) is 0 Å². The molecule has 6 heteroatoms. The van der Waals surface area contributed by atoms with Gasteiger partial charge in [0.05, 0.1) is 10.5 Å². The minimum atomic E-state index is -0.425. The van der Waals surface area contributed by atoms with Crippen molar-refractivity contribution in [1.29, 1.82) is 0 Å². The van der Waals surface area contributed by atoms with Crippen LogP contribution >= 0.6 is 47.8 Å². The maximum atomic E-state index is 14.2. The number of hydrogen-bond acceptors (Lipinski definition) is 2. The van der Waals surface area contributed by atoms with E-state index in [0.717, 1.165) is 14.5 Å². The topological polar surface area (TPSA) is 38.0 Å². The highest BCUT2D eigenvalue weighted by Gasteiger charge is 2.18. The van der Waals surface area contributed by atoms with Gasteiger partial charge in [0, 0.05) is 14.5 Å². The van der Waals surface area contributed by atoms with Crippen molar-refractivity contribution in [3.8, 4) is 0 Å². The van der Waals surface area contributed by atoms with E-state index in [1.165, 1.54) is 0 Å². The standard InChI is InChI=1S/C13H10Br3FN2/c14-8-4-7(5-9(15)6-8)13(19-18)10-2-1-3-11(16)12(10)17/h1-6,13,19H,18H2. The molecule has 1 atom stereocenters. The second-order valence-corrected chi connectivity index (χ2v) is 6.63. The van der Waals surface area contributed by atoms with Crippen molar-refractivity contribution in [3.05, 3.63) is 66.8 Å². The van der Waals surface area contributed by atoms with Gasteiger partial charge in [-0.2, -0.15) is 0 Å². The Morgan fingerprint density at radius 3 is 2.26 bits per heavy atom. The normalized spacial score (nSPS) is 12.5. The van der Waals surface area contributed by atoms with Crippen molar-refractivity contribution in [2.24, 2.45) is 5.84 Å². The molecule has 0 fully saturated rings. The van der Waals surface area contributed by atoms with Crippen LogP contribution in [0.4, 0.5) is 4.39 Å². The first-order chi connectivity index (χ1) is 9.02. The molecule has 100 valence electrons. The average molecular weight is 453 g/mol. The van der Waals surface area contributed by atoms with Gasteiger partial charge in [0.2, 0.25) is 0 Å². The average Bonchev–Trinajstić information content (AvgIpc) is 2.34. The molecular weight excluding hydrogens is 443 g/mol. The van der Waals surface area contributed by atoms with Crippen LogP contribution in [0.2, 0.25) is 0 Å². The maximum absolute atomic E-state index is 14.2. The molecule has 2 nitrogen and oxygen atoms in total. The molecule has 2 aromatic rings. The summed E-state index contributed by atoms with van der Waals surface area (Å²) >= 11 is 10.0. The molecule has 0 aromatic heterocycles.